The third-order valence-corrected chi connectivity index (χ3v) is 4.29. The third-order valence-electron chi connectivity index (χ3n) is 3.26. The fourth-order valence-electron chi connectivity index (χ4n) is 2.12. The quantitative estimate of drug-likeness (QED) is 0.898. The van der Waals surface area contributed by atoms with Crippen LogP contribution in [0.2, 0.25) is 0 Å². The van der Waals surface area contributed by atoms with Gasteiger partial charge in [-0.05, 0) is 56.6 Å². The van der Waals surface area contributed by atoms with Gasteiger partial charge in [0.1, 0.15) is 0 Å². The van der Waals surface area contributed by atoms with Crippen LogP contribution in [0.4, 0.5) is 0 Å². The summed E-state index contributed by atoms with van der Waals surface area (Å²) in [5.74, 6) is 0. The molecule has 0 unspecified atom stereocenters. The van der Waals surface area contributed by atoms with E-state index in [1.165, 1.54) is 0 Å². The predicted octanol–water partition coefficient (Wildman–Crippen LogP) is 3.11. The third kappa shape index (κ3) is 4.17. The van der Waals surface area contributed by atoms with E-state index in [1.54, 1.807) is 0 Å². The number of halogens is 1. The Labute approximate surface area is 134 Å². The summed E-state index contributed by atoms with van der Waals surface area (Å²) in [5.41, 5.74) is 3.34. The van der Waals surface area contributed by atoms with Gasteiger partial charge in [-0.25, -0.2) is 0 Å². The van der Waals surface area contributed by atoms with Crippen LogP contribution >= 0.6 is 15.9 Å². The Balaban J connectivity index is 2.09. The lowest BCUT2D eigenvalue weighted by atomic mass is 10.1. The van der Waals surface area contributed by atoms with Gasteiger partial charge in [-0.15, -0.1) is 0 Å². The largest absolute Gasteiger partial charge is 0.306 e. The van der Waals surface area contributed by atoms with Gasteiger partial charge in [0.15, 0.2) is 0 Å². The van der Waals surface area contributed by atoms with Gasteiger partial charge < -0.3 is 5.32 Å². The molecule has 0 aliphatic rings. The molecule has 5 nitrogen and oxygen atoms in total. The molecule has 0 aliphatic carbocycles. The molecule has 2 aromatic heterocycles. The Morgan fingerprint density at radius 1 is 1.29 bits per heavy atom. The zero-order chi connectivity index (χ0) is 15.6. The summed E-state index contributed by atoms with van der Waals surface area (Å²) in [6, 6.07) is 2.06. The van der Waals surface area contributed by atoms with Crippen molar-refractivity contribution in [2.75, 3.05) is 0 Å². The number of nitrogens with zero attached hydrogens (tertiary/aromatic N) is 4. The monoisotopic (exact) mass is 353 g/mol. The van der Waals surface area contributed by atoms with Crippen LogP contribution in [-0.4, -0.2) is 25.1 Å². The van der Waals surface area contributed by atoms with Crippen molar-refractivity contribution in [3.05, 3.63) is 33.8 Å². The van der Waals surface area contributed by atoms with E-state index in [-0.39, 0.29) is 5.54 Å². The highest BCUT2D eigenvalue weighted by Gasteiger charge is 2.14. The van der Waals surface area contributed by atoms with E-state index >= 15 is 0 Å². The molecule has 0 radical (unpaired) electrons. The number of hydrogen-bond acceptors (Lipinski definition) is 3. The van der Waals surface area contributed by atoms with Gasteiger partial charge in [0.2, 0.25) is 0 Å². The minimum Gasteiger partial charge on any atom is -0.306 e. The van der Waals surface area contributed by atoms with E-state index in [2.05, 4.69) is 65.2 Å². The summed E-state index contributed by atoms with van der Waals surface area (Å²) in [4.78, 5) is 0. The molecule has 0 aromatic carbocycles. The van der Waals surface area contributed by atoms with Crippen LogP contribution in [0.15, 0.2) is 16.7 Å². The SMILES string of the molecule is CCn1nc(C)c(Br)c1Cn1ccc(CNC(C)(C)C)n1. The molecule has 1 N–H and O–H groups in total. The van der Waals surface area contributed by atoms with Crippen LogP contribution in [-0.2, 0) is 19.6 Å². The van der Waals surface area contributed by atoms with Gasteiger partial charge in [-0.2, -0.15) is 10.2 Å². The first-order valence-electron chi connectivity index (χ1n) is 7.29. The molecule has 2 rings (SSSR count). The van der Waals surface area contributed by atoms with Gasteiger partial charge in [0.05, 0.1) is 28.1 Å². The minimum atomic E-state index is 0.102. The van der Waals surface area contributed by atoms with E-state index in [1.807, 2.05) is 22.5 Å². The second kappa shape index (κ2) is 6.32. The van der Waals surface area contributed by atoms with Crippen molar-refractivity contribution < 1.29 is 0 Å². The molecule has 2 heterocycles. The van der Waals surface area contributed by atoms with E-state index in [0.29, 0.717) is 0 Å². The molecule has 0 spiro atoms. The summed E-state index contributed by atoms with van der Waals surface area (Å²) in [6.07, 6.45) is 2.02. The van der Waals surface area contributed by atoms with E-state index in [9.17, 15) is 0 Å². The Bertz CT molecular complexity index is 606. The van der Waals surface area contributed by atoms with Gasteiger partial charge in [0, 0.05) is 24.8 Å². The topological polar surface area (TPSA) is 47.7 Å². The second-order valence-corrected chi connectivity index (χ2v) is 7.06. The average Bonchev–Trinajstić information content (AvgIpc) is 2.95. The summed E-state index contributed by atoms with van der Waals surface area (Å²) in [5, 5.41) is 12.6. The van der Waals surface area contributed by atoms with Crippen LogP contribution in [0.25, 0.3) is 0 Å². The standard InChI is InChI=1S/C15H24BrN5/c1-6-21-13(14(16)11(2)18-21)10-20-8-7-12(19-20)9-17-15(3,4)5/h7-8,17H,6,9-10H2,1-5H3. The van der Waals surface area contributed by atoms with Crippen molar-refractivity contribution >= 4 is 15.9 Å². The molecule has 0 atom stereocenters. The predicted molar refractivity (Wildman–Crippen MR) is 88.3 cm³/mol. The Morgan fingerprint density at radius 2 is 2.00 bits per heavy atom. The fraction of sp³-hybridized carbons (Fsp3) is 0.600. The molecule has 0 saturated carbocycles. The van der Waals surface area contributed by atoms with Crippen molar-refractivity contribution in [1.29, 1.82) is 0 Å². The minimum absolute atomic E-state index is 0.102. The van der Waals surface area contributed by atoms with Gasteiger partial charge in [-0.3, -0.25) is 9.36 Å². The molecule has 2 aromatic rings. The molecule has 0 fully saturated rings. The van der Waals surface area contributed by atoms with Crippen LogP contribution in [0.5, 0.6) is 0 Å². The average molecular weight is 354 g/mol. The summed E-state index contributed by atoms with van der Waals surface area (Å²) >= 11 is 3.63. The maximum atomic E-state index is 4.63. The summed E-state index contributed by atoms with van der Waals surface area (Å²) < 4.78 is 5.07. The summed E-state index contributed by atoms with van der Waals surface area (Å²) in [7, 11) is 0. The Hall–Kier alpha value is -1.14. The van der Waals surface area contributed by atoms with Crippen molar-refractivity contribution in [1.82, 2.24) is 24.9 Å². The fourth-order valence-corrected chi connectivity index (χ4v) is 2.52. The van der Waals surface area contributed by atoms with Crippen molar-refractivity contribution in [3.63, 3.8) is 0 Å². The van der Waals surface area contributed by atoms with Crippen molar-refractivity contribution in [2.45, 2.75) is 59.8 Å². The molecular formula is C15H24BrN5. The molecule has 116 valence electrons. The first-order valence-corrected chi connectivity index (χ1v) is 8.08. The van der Waals surface area contributed by atoms with Crippen LogP contribution in [0.1, 0.15) is 44.8 Å². The van der Waals surface area contributed by atoms with Crippen LogP contribution in [0.3, 0.4) is 0 Å². The van der Waals surface area contributed by atoms with Crippen LogP contribution in [0, 0.1) is 6.92 Å². The Morgan fingerprint density at radius 3 is 2.62 bits per heavy atom. The second-order valence-electron chi connectivity index (χ2n) is 6.27. The lowest BCUT2D eigenvalue weighted by Crippen LogP contribution is -2.35. The molecule has 6 heteroatoms. The van der Waals surface area contributed by atoms with Gasteiger partial charge >= 0.3 is 0 Å². The molecule has 0 aliphatic heterocycles. The Kier molecular flexibility index (Phi) is 4.88. The lowest BCUT2D eigenvalue weighted by Gasteiger charge is -2.19. The molecule has 0 saturated heterocycles. The normalized spacial score (nSPS) is 12.1. The molecule has 0 bridgehead atoms. The van der Waals surface area contributed by atoms with E-state index in [4.69, 9.17) is 0 Å². The smallest absolute Gasteiger partial charge is 0.0839 e. The maximum absolute atomic E-state index is 4.63. The number of nitrogens with one attached hydrogen (secondary N) is 1. The van der Waals surface area contributed by atoms with E-state index < -0.39 is 0 Å². The number of aromatic nitrogens is 4. The lowest BCUT2D eigenvalue weighted by molar-refractivity contribution is 0.419. The molecule has 0 amide bonds. The van der Waals surface area contributed by atoms with Crippen molar-refractivity contribution in [3.8, 4) is 0 Å². The zero-order valence-corrected chi connectivity index (χ0v) is 15.0. The van der Waals surface area contributed by atoms with Crippen LogP contribution < -0.4 is 5.32 Å². The highest BCUT2D eigenvalue weighted by atomic mass is 79.9. The summed E-state index contributed by atoms with van der Waals surface area (Å²) in [6.45, 7) is 13.0. The number of aryl methyl sites for hydroxylation is 2. The first-order chi connectivity index (χ1) is 9.80. The number of rotatable bonds is 5. The first kappa shape index (κ1) is 16.2. The highest BCUT2D eigenvalue weighted by molar-refractivity contribution is 9.10. The number of hydrogen-bond donors (Lipinski definition) is 1. The van der Waals surface area contributed by atoms with Gasteiger partial charge in [-0.1, -0.05) is 0 Å². The van der Waals surface area contributed by atoms with E-state index in [0.717, 1.165) is 41.2 Å². The van der Waals surface area contributed by atoms with Crippen molar-refractivity contribution in [2.24, 2.45) is 0 Å². The highest BCUT2D eigenvalue weighted by Crippen LogP contribution is 2.21. The molecule has 21 heavy (non-hydrogen) atoms. The van der Waals surface area contributed by atoms with Gasteiger partial charge in [0.25, 0.3) is 0 Å². The maximum Gasteiger partial charge on any atom is 0.0839 e. The zero-order valence-electron chi connectivity index (χ0n) is 13.4. The molecular weight excluding hydrogens is 330 g/mol.